The zero-order valence-electron chi connectivity index (χ0n) is 12.6. The average molecular weight is 327 g/mol. The number of carbonyl (C=O) groups excluding carboxylic acids is 2. The number of Topliss-reactive ketones (excluding diaryl/α,β-unsaturated/α-hetero) is 2. The van der Waals surface area contributed by atoms with E-state index in [4.69, 9.17) is 15.2 Å². The number of rotatable bonds is 3. The first-order valence-corrected chi connectivity index (χ1v) is 6.93. The number of nitrogens with zero attached hydrogens (tertiary/aromatic N) is 1. The van der Waals surface area contributed by atoms with Crippen LogP contribution in [0, 0.1) is 0 Å². The molecular formula is C17H13NO6. The quantitative estimate of drug-likeness (QED) is 0.743. The Morgan fingerprint density at radius 1 is 0.958 bits per heavy atom. The van der Waals surface area contributed by atoms with Crippen molar-refractivity contribution in [3.8, 4) is 5.75 Å². The highest BCUT2D eigenvalue weighted by Gasteiger charge is 2.35. The lowest BCUT2D eigenvalue weighted by molar-refractivity contribution is 0.0291. The van der Waals surface area contributed by atoms with Crippen LogP contribution in [0.5, 0.6) is 5.75 Å². The molecule has 0 saturated carbocycles. The minimum atomic E-state index is -0.544. The van der Waals surface area contributed by atoms with Crippen LogP contribution in [0.25, 0.3) is 5.57 Å². The number of aromatic hydroxyl groups is 1. The molecule has 0 spiro atoms. The van der Waals surface area contributed by atoms with Crippen molar-refractivity contribution in [1.82, 2.24) is 0 Å². The predicted molar refractivity (Wildman–Crippen MR) is 83.2 cm³/mol. The van der Waals surface area contributed by atoms with Crippen LogP contribution < -0.4 is 5.23 Å². The van der Waals surface area contributed by atoms with E-state index < -0.39 is 11.6 Å². The number of allylic oxidation sites excluding steroid dienone is 2. The summed E-state index contributed by atoms with van der Waals surface area (Å²) < 4.78 is 5.13. The molecule has 1 aliphatic carbocycles. The van der Waals surface area contributed by atoms with Crippen molar-refractivity contribution in [2.24, 2.45) is 0 Å². The van der Waals surface area contributed by atoms with E-state index in [0.29, 0.717) is 5.56 Å². The molecule has 7 heteroatoms. The molecule has 24 heavy (non-hydrogen) atoms. The third kappa shape index (κ3) is 2.32. The van der Waals surface area contributed by atoms with Gasteiger partial charge in [0.1, 0.15) is 5.75 Å². The first-order chi connectivity index (χ1) is 11.5. The SMILES string of the molecule is COC1=C(c2ccc(N(O)O)cc2)C(=O)c2c(O)cccc2C1=O. The number of phenolic OH excluding ortho intramolecular Hbond substituents is 1. The summed E-state index contributed by atoms with van der Waals surface area (Å²) in [5.41, 5.74) is 0.439. The molecule has 0 amide bonds. The predicted octanol–water partition coefficient (Wildman–Crippen LogP) is 2.41. The van der Waals surface area contributed by atoms with Gasteiger partial charge in [-0.05, 0) is 29.8 Å². The van der Waals surface area contributed by atoms with Crippen LogP contribution >= 0.6 is 0 Å². The zero-order valence-corrected chi connectivity index (χ0v) is 12.6. The Labute approximate surface area is 136 Å². The molecular weight excluding hydrogens is 314 g/mol. The van der Waals surface area contributed by atoms with E-state index in [9.17, 15) is 14.7 Å². The minimum Gasteiger partial charge on any atom is -0.507 e. The second-order valence-electron chi connectivity index (χ2n) is 5.10. The van der Waals surface area contributed by atoms with Gasteiger partial charge in [-0.1, -0.05) is 18.2 Å². The fraction of sp³-hybridized carbons (Fsp3) is 0.0588. The number of carbonyl (C=O) groups is 2. The molecule has 0 unspecified atom stereocenters. The maximum absolute atomic E-state index is 12.8. The van der Waals surface area contributed by atoms with Gasteiger partial charge in [0.25, 0.3) is 0 Å². The molecule has 0 aromatic heterocycles. The monoisotopic (exact) mass is 327 g/mol. The third-order valence-electron chi connectivity index (χ3n) is 3.77. The number of ether oxygens (including phenoxy) is 1. The number of phenols is 1. The van der Waals surface area contributed by atoms with E-state index in [-0.39, 0.29) is 39.1 Å². The van der Waals surface area contributed by atoms with Crippen molar-refractivity contribution in [1.29, 1.82) is 0 Å². The lowest BCUT2D eigenvalue weighted by atomic mass is 9.84. The first kappa shape index (κ1) is 15.7. The average Bonchev–Trinajstić information content (AvgIpc) is 2.57. The minimum absolute atomic E-state index is 0.00507. The number of fused-ring (bicyclic) bond motifs is 1. The largest absolute Gasteiger partial charge is 0.507 e. The molecule has 122 valence electrons. The molecule has 0 atom stereocenters. The summed E-state index contributed by atoms with van der Waals surface area (Å²) >= 11 is 0. The molecule has 0 saturated heterocycles. The maximum atomic E-state index is 12.8. The second-order valence-corrected chi connectivity index (χ2v) is 5.10. The molecule has 0 bridgehead atoms. The van der Waals surface area contributed by atoms with Crippen molar-refractivity contribution in [2.45, 2.75) is 0 Å². The summed E-state index contributed by atoms with van der Waals surface area (Å²) in [4.78, 5) is 25.4. The van der Waals surface area contributed by atoms with E-state index in [2.05, 4.69) is 0 Å². The Morgan fingerprint density at radius 2 is 1.62 bits per heavy atom. The van der Waals surface area contributed by atoms with Crippen LogP contribution in [0.2, 0.25) is 0 Å². The van der Waals surface area contributed by atoms with E-state index in [1.54, 1.807) is 0 Å². The van der Waals surface area contributed by atoms with Gasteiger partial charge < -0.3 is 9.84 Å². The van der Waals surface area contributed by atoms with Gasteiger partial charge in [0.05, 0.1) is 23.9 Å². The Kier molecular flexibility index (Phi) is 3.80. The van der Waals surface area contributed by atoms with Crippen LogP contribution in [0.4, 0.5) is 5.69 Å². The van der Waals surface area contributed by atoms with Crippen LogP contribution in [-0.2, 0) is 4.74 Å². The normalized spacial score (nSPS) is 13.8. The number of benzene rings is 2. The number of hydrogen-bond acceptors (Lipinski definition) is 7. The lowest BCUT2D eigenvalue weighted by Gasteiger charge is -2.21. The van der Waals surface area contributed by atoms with Crippen molar-refractivity contribution < 1.29 is 29.8 Å². The summed E-state index contributed by atoms with van der Waals surface area (Å²) in [5, 5.41) is 27.9. The molecule has 2 aromatic rings. The topological polar surface area (TPSA) is 107 Å². The number of anilines is 1. The molecule has 3 rings (SSSR count). The van der Waals surface area contributed by atoms with Crippen LogP contribution in [0.15, 0.2) is 48.2 Å². The van der Waals surface area contributed by atoms with Crippen molar-refractivity contribution in [3.63, 3.8) is 0 Å². The van der Waals surface area contributed by atoms with E-state index in [1.165, 1.54) is 49.6 Å². The lowest BCUT2D eigenvalue weighted by Crippen LogP contribution is -2.22. The van der Waals surface area contributed by atoms with Crippen molar-refractivity contribution >= 4 is 22.8 Å². The first-order valence-electron chi connectivity index (χ1n) is 6.93. The van der Waals surface area contributed by atoms with E-state index >= 15 is 0 Å². The standard InChI is InChI=1S/C17H13NO6/c1-24-17-13(9-5-7-10(8-6-9)18(22)23)16(21)14-11(15(17)20)3-2-4-12(14)19/h2-8,19,22-23H,1H3. The Bertz CT molecular complexity index is 867. The highest BCUT2D eigenvalue weighted by atomic mass is 16.8. The molecule has 0 fully saturated rings. The van der Waals surface area contributed by atoms with E-state index in [0.717, 1.165) is 0 Å². The fourth-order valence-electron chi connectivity index (χ4n) is 2.65. The number of methoxy groups -OCH3 is 1. The molecule has 0 heterocycles. The Hall–Kier alpha value is -3.16. The summed E-state index contributed by atoms with van der Waals surface area (Å²) in [6, 6.07) is 9.85. The molecule has 1 aliphatic rings. The van der Waals surface area contributed by atoms with Gasteiger partial charge in [0.2, 0.25) is 11.6 Å². The summed E-state index contributed by atoms with van der Waals surface area (Å²) in [6.45, 7) is 0. The molecule has 7 nitrogen and oxygen atoms in total. The van der Waals surface area contributed by atoms with Gasteiger partial charge in [-0.3, -0.25) is 20.0 Å². The van der Waals surface area contributed by atoms with E-state index in [1.807, 2.05) is 0 Å². The maximum Gasteiger partial charge on any atom is 0.229 e. The summed E-state index contributed by atoms with van der Waals surface area (Å²) in [6.07, 6.45) is 0. The van der Waals surface area contributed by atoms with Crippen molar-refractivity contribution in [2.75, 3.05) is 12.3 Å². The molecule has 0 radical (unpaired) electrons. The summed E-state index contributed by atoms with van der Waals surface area (Å²) in [7, 11) is 1.28. The zero-order chi connectivity index (χ0) is 17.4. The van der Waals surface area contributed by atoms with Crippen LogP contribution in [0.1, 0.15) is 26.3 Å². The second kappa shape index (κ2) is 5.80. The summed E-state index contributed by atoms with van der Waals surface area (Å²) in [5.74, 6) is -1.46. The smallest absolute Gasteiger partial charge is 0.229 e. The van der Waals surface area contributed by atoms with Gasteiger partial charge in [0.15, 0.2) is 5.76 Å². The number of ketones is 2. The van der Waals surface area contributed by atoms with Crippen LogP contribution in [0.3, 0.4) is 0 Å². The van der Waals surface area contributed by atoms with Gasteiger partial charge in [-0.25, -0.2) is 0 Å². The van der Waals surface area contributed by atoms with Gasteiger partial charge in [0, 0.05) is 5.56 Å². The highest BCUT2D eigenvalue weighted by Crippen LogP contribution is 2.36. The fourth-order valence-corrected chi connectivity index (χ4v) is 2.65. The highest BCUT2D eigenvalue weighted by molar-refractivity contribution is 6.40. The Balaban J connectivity index is 2.20. The molecule has 2 aromatic carbocycles. The third-order valence-corrected chi connectivity index (χ3v) is 3.77. The molecule has 3 N–H and O–H groups in total. The van der Waals surface area contributed by atoms with Gasteiger partial charge in [-0.15, -0.1) is 5.23 Å². The number of hydrogen-bond donors (Lipinski definition) is 3. The Morgan fingerprint density at radius 3 is 2.21 bits per heavy atom. The van der Waals surface area contributed by atoms with Crippen molar-refractivity contribution in [3.05, 3.63) is 64.9 Å². The van der Waals surface area contributed by atoms with Gasteiger partial charge >= 0.3 is 0 Å². The van der Waals surface area contributed by atoms with Crippen LogP contribution in [-0.4, -0.2) is 34.2 Å². The van der Waals surface area contributed by atoms with Gasteiger partial charge in [-0.2, -0.15) is 0 Å². The molecule has 0 aliphatic heterocycles.